The monoisotopic (exact) mass is 328 g/mol. The van der Waals surface area contributed by atoms with Crippen molar-refractivity contribution in [1.82, 2.24) is 16.0 Å². The Morgan fingerprint density at radius 1 is 1.09 bits per heavy atom. The zero-order chi connectivity index (χ0) is 18.0. The smallest absolute Gasteiger partial charge is 0.312 e. The van der Waals surface area contributed by atoms with Crippen LogP contribution in [0, 0.1) is 5.92 Å². The van der Waals surface area contributed by atoms with E-state index < -0.39 is 18.1 Å². The molecule has 0 rings (SSSR count). The third kappa shape index (κ3) is 8.80. The van der Waals surface area contributed by atoms with Gasteiger partial charge >= 0.3 is 6.03 Å². The Morgan fingerprint density at radius 3 is 2.13 bits per heavy atom. The largest absolute Gasteiger partial charge is 0.352 e. The number of urea groups is 1. The summed E-state index contributed by atoms with van der Waals surface area (Å²) in [5.74, 6) is -0.886. The Balaban J connectivity index is 4.72. The van der Waals surface area contributed by atoms with Crippen molar-refractivity contribution in [2.75, 3.05) is 6.54 Å². The van der Waals surface area contributed by atoms with Crippen LogP contribution in [0.25, 0.3) is 0 Å². The molecule has 2 atom stereocenters. The number of rotatable bonds is 10. The minimum absolute atomic E-state index is 0.0947. The predicted octanol–water partition coefficient (Wildman–Crippen LogP) is 0.0595. The van der Waals surface area contributed by atoms with Crippen LogP contribution in [0.3, 0.4) is 0 Å². The summed E-state index contributed by atoms with van der Waals surface area (Å²) in [5.41, 5.74) is 4.97. The van der Waals surface area contributed by atoms with E-state index in [0.29, 0.717) is 25.8 Å². The Morgan fingerprint density at radius 2 is 1.70 bits per heavy atom. The molecular weight excluding hydrogens is 300 g/mol. The van der Waals surface area contributed by atoms with Crippen molar-refractivity contribution >= 4 is 23.6 Å². The maximum atomic E-state index is 12.3. The number of carbonyl (C=O) groups is 4. The number of nitrogens with two attached hydrogens (primary N) is 1. The quantitative estimate of drug-likeness (QED) is 0.422. The second kappa shape index (κ2) is 10.6. The number of carbonyl (C=O) groups excluding carboxylic acids is 4. The summed E-state index contributed by atoms with van der Waals surface area (Å²) in [6, 6.07) is -1.96. The minimum atomic E-state index is -0.691. The highest BCUT2D eigenvalue weighted by Gasteiger charge is 2.27. The molecule has 0 radical (unpaired) electrons. The number of hydrogen-bond donors (Lipinski definition) is 4. The lowest BCUT2D eigenvalue weighted by Gasteiger charge is -2.24. The van der Waals surface area contributed by atoms with Gasteiger partial charge in [0.05, 0.1) is 6.04 Å². The molecule has 0 aromatic carbocycles. The van der Waals surface area contributed by atoms with Crippen LogP contribution in [0.1, 0.15) is 47.0 Å². The summed E-state index contributed by atoms with van der Waals surface area (Å²) >= 11 is 0. The number of amides is 4. The molecule has 0 fully saturated rings. The van der Waals surface area contributed by atoms with Gasteiger partial charge in [0, 0.05) is 19.9 Å². The summed E-state index contributed by atoms with van der Waals surface area (Å²) in [4.78, 5) is 46.1. The van der Waals surface area contributed by atoms with E-state index in [-0.39, 0.29) is 23.5 Å². The van der Waals surface area contributed by atoms with Gasteiger partial charge in [-0.05, 0) is 18.8 Å². The van der Waals surface area contributed by atoms with Crippen LogP contribution in [0.2, 0.25) is 0 Å². The highest BCUT2D eigenvalue weighted by atomic mass is 16.2. The zero-order valence-electron chi connectivity index (χ0n) is 14.3. The lowest BCUT2D eigenvalue weighted by Crippen LogP contribution is -2.53. The second-order valence-electron chi connectivity index (χ2n) is 5.74. The van der Waals surface area contributed by atoms with Crippen molar-refractivity contribution in [2.24, 2.45) is 11.7 Å². The molecule has 8 nitrogen and oxygen atoms in total. The summed E-state index contributed by atoms with van der Waals surface area (Å²) in [6.45, 7) is 7.02. The van der Waals surface area contributed by atoms with E-state index in [1.54, 1.807) is 6.92 Å². The molecule has 0 aliphatic rings. The molecule has 0 unspecified atom stereocenters. The van der Waals surface area contributed by atoms with Gasteiger partial charge < -0.3 is 21.7 Å². The van der Waals surface area contributed by atoms with Gasteiger partial charge in [-0.25, -0.2) is 4.79 Å². The van der Waals surface area contributed by atoms with Gasteiger partial charge in [-0.1, -0.05) is 20.8 Å². The maximum Gasteiger partial charge on any atom is 0.312 e. The van der Waals surface area contributed by atoms with Crippen LogP contribution < -0.4 is 21.7 Å². The number of hydrogen-bond acceptors (Lipinski definition) is 4. The first-order valence-electron chi connectivity index (χ1n) is 7.82. The maximum absolute atomic E-state index is 12.3. The zero-order valence-corrected chi connectivity index (χ0v) is 14.3. The Hall–Kier alpha value is -2.12. The molecule has 0 aliphatic carbocycles. The summed E-state index contributed by atoms with van der Waals surface area (Å²) in [7, 11) is 0. The highest BCUT2D eigenvalue weighted by Crippen LogP contribution is 2.06. The molecule has 0 saturated heterocycles. The standard InChI is InChI=1S/C15H28N4O4/c1-5-12(21)11(7-6-8-17-15(16)23)19-14(22)13(9(2)3)18-10(4)20/h9,11,13H,5-8H2,1-4H3,(H,18,20)(H,19,22)(H3,16,17,23)/t11-,13-/m0/s1. The fraction of sp³-hybridized carbons (Fsp3) is 0.733. The molecule has 132 valence electrons. The van der Waals surface area contributed by atoms with E-state index in [1.807, 2.05) is 13.8 Å². The van der Waals surface area contributed by atoms with E-state index in [9.17, 15) is 19.2 Å². The third-order valence-corrected chi connectivity index (χ3v) is 3.33. The van der Waals surface area contributed by atoms with Gasteiger partial charge in [0.25, 0.3) is 0 Å². The average molecular weight is 328 g/mol. The van der Waals surface area contributed by atoms with Gasteiger partial charge in [-0.15, -0.1) is 0 Å². The normalized spacial score (nSPS) is 13.1. The van der Waals surface area contributed by atoms with E-state index in [1.165, 1.54) is 6.92 Å². The van der Waals surface area contributed by atoms with Crippen molar-refractivity contribution in [3.05, 3.63) is 0 Å². The molecular formula is C15H28N4O4. The van der Waals surface area contributed by atoms with Gasteiger partial charge in [0.2, 0.25) is 11.8 Å². The van der Waals surface area contributed by atoms with Crippen LogP contribution in [0.5, 0.6) is 0 Å². The highest BCUT2D eigenvalue weighted by molar-refractivity contribution is 5.92. The second-order valence-corrected chi connectivity index (χ2v) is 5.74. The van der Waals surface area contributed by atoms with Crippen LogP contribution >= 0.6 is 0 Å². The first-order chi connectivity index (χ1) is 10.7. The lowest BCUT2D eigenvalue weighted by molar-refractivity contribution is -0.132. The van der Waals surface area contributed by atoms with Crippen LogP contribution in [0.4, 0.5) is 4.79 Å². The molecule has 0 aliphatic heterocycles. The number of nitrogens with one attached hydrogen (secondary N) is 3. The molecule has 5 N–H and O–H groups in total. The Labute approximate surface area is 136 Å². The minimum Gasteiger partial charge on any atom is -0.352 e. The van der Waals surface area contributed by atoms with E-state index in [2.05, 4.69) is 16.0 Å². The summed E-state index contributed by atoms with van der Waals surface area (Å²) < 4.78 is 0. The fourth-order valence-electron chi connectivity index (χ4n) is 2.09. The van der Waals surface area contributed by atoms with Crippen molar-refractivity contribution in [3.8, 4) is 0 Å². The van der Waals surface area contributed by atoms with Gasteiger partial charge in [0.15, 0.2) is 5.78 Å². The van der Waals surface area contributed by atoms with E-state index >= 15 is 0 Å². The molecule has 8 heteroatoms. The van der Waals surface area contributed by atoms with Crippen LogP contribution in [0.15, 0.2) is 0 Å². The molecule has 0 heterocycles. The molecule has 0 aromatic heterocycles. The predicted molar refractivity (Wildman–Crippen MR) is 86.5 cm³/mol. The summed E-state index contributed by atoms with van der Waals surface area (Å²) in [6.07, 6.45) is 1.19. The average Bonchev–Trinajstić information content (AvgIpc) is 2.46. The van der Waals surface area contributed by atoms with Gasteiger partial charge in [0.1, 0.15) is 6.04 Å². The first-order valence-corrected chi connectivity index (χ1v) is 7.82. The van der Waals surface area contributed by atoms with Crippen LogP contribution in [-0.2, 0) is 14.4 Å². The SMILES string of the molecule is CCC(=O)[C@H](CCCNC(N)=O)NC(=O)[C@@H](NC(C)=O)C(C)C. The van der Waals surface area contributed by atoms with Crippen molar-refractivity contribution in [1.29, 1.82) is 0 Å². The summed E-state index contributed by atoms with van der Waals surface area (Å²) in [5, 5.41) is 7.72. The molecule has 23 heavy (non-hydrogen) atoms. The molecule has 4 amide bonds. The fourth-order valence-corrected chi connectivity index (χ4v) is 2.09. The van der Waals surface area contributed by atoms with Crippen LogP contribution in [-0.4, -0.2) is 42.3 Å². The number of primary amides is 1. The van der Waals surface area contributed by atoms with E-state index in [0.717, 1.165) is 0 Å². The molecule has 0 saturated carbocycles. The molecule has 0 spiro atoms. The van der Waals surface area contributed by atoms with Gasteiger partial charge in [-0.2, -0.15) is 0 Å². The number of Topliss-reactive ketones (excluding diaryl/α,β-unsaturated/α-hetero) is 1. The molecule has 0 bridgehead atoms. The molecule has 0 aromatic rings. The third-order valence-electron chi connectivity index (χ3n) is 3.33. The lowest BCUT2D eigenvalue weighted by atomic mass is 10.0. The Bertz CT molecular complexity index is 437. The number of ketones is 1. The van der Waals surface area contributed by atoms with Crippen molar-refractivity contribution in [2.45, 2.75) is 59.0 Å². The topological polar surface area (TPSA) is 130 Å². The van der Waals surface area contributed by atoms with E-state index in [4.69, 9.17) is 5.73 Å². The van der Waals surface area contributed by atoms with Gasteiger partial charge in [-0.3, -0.25) is 14.4 Å². The Kier molecular flexibility index (Phi) is 9.60. The van der Waals surface area contributed by atoms with Crippen molar-refractivity contribution in [3.63, 3.8) is 0 Å². The van der Waals surface area contributed by atoms with Crippen molar-refractivity contribution < 1.29 is 19.2 Å². The first kappa shape index (κ1) is 20.9.